The van der Waals surface area contributed by atoms with Crippen molar-refractivity contribution in [2.45, 2.75) is 25.7 Å². The van der Waals surface area contributed by atoms with Crippen molar-refractivity contribution >= 4 is 49.7 Å². The molecule has 0 aromatic carbocycles. The van der Waals surface area contributed by atoms with Gasteiger partial charge in [-0.1, -0.05) is 24.3 Å². The summed E-state index contributed by atoms with van der Waals surface area (Å²) in [6.07, 6.45) is 5.17. The molecule has 0 aromatic heterocycles. The van der Waals surface area contributed by atoms with Crippen LogP contribution in [0.5, 0.6) is 0 Å². The number of aliphatic carboxylic acids is 2. The number of allylic oxidation sites excluding steroid dienone is 4. The van der Waals surface area contributed by atoms with Gasteiger partial charge in [-0.2, -0.15) is 0 Å². The summed E-state index contributed by atoms with van der Waals surface area (Å²) in [5.74, 6) is -2.93. The van der Waals surface area contributed by atoms with Gasteiger partial charge in [-0.15, -0.1) is 26.3 Å². The summed E-state index contributed by atoms with van der Waals surface area (Å²) >= 11 is 0. The van der Waals surface area contributed by atoms with Crippen LogP contribution in [0.4, 0.5) is 0 Å². The first kappa shape index (κ1) is 22.4. The molecular formula is C16H20CaO4. The molecule has 0 aromatic rings. The van der Waals surface area contributed by atoms with E-state index in [1.165, 1.54) is 24.3 Å². The van der Waals surface area contributed by atoms with Gasteiger partial charge in [0.2, 0.25) is 0 Å². The van der Waals surface area contributed by atoms with E-state index in [0.29, 0.717) is 0 Å². The number of hydrogen-bond donors (Lipinski definition) is 0. The summed E-state index contributed by atoms with van der Waals surface area (Å²) in [5, 5.41) is 23.5. The van der Waals surface area contributed by atoms with E-state index in [1.807, 2.05) is 0 Å². The molecule has 0 fully saturated rings. The molecule has 0 spiro atoms. The molecule has 0 amide bonds. The number of rotatable bonds is 11. The molecule has 0 heterocycles. The first-order valence-electron chi connectivity index (χ1n) is 6.25. The normalized spacial score (nSPS) is 10.9. The van der Waals surface area contributed by atoms with Gasteiger partial charge < -0.3 is 19.8 Å². The van der Waals surface area contributed by atoms with Crippen LogP contribution in [0.1, 0.15) is 25.7 Å². The molecule has 0 saturated heterocycles. The van der Waals surface area contributed by atoms with Gasteiger partial charge in [0, 0.05) is 22.8 Å². The van der Waals surface area contributed by atoms with E-state index in [4.69, 9.17) is 0 Å². The van der Waals surface area contributed by atoms with Gasteiger partial charge >= 0.3 is 37.7 Å². The molecule has 0 aliphatic rings. The van der Waals surface area contributed by atoms with Crippen molar-refractivity contribution in [2.75, 3.05) is 0 Å². The minimum atomic E-state index is -1.70. The molecule has 0 aliphatic heterocycles. The molecule has 0 bridgehead atoms. The van der Waals surface area contributed by atoms with Crippen LogP contribution in [-0.4, -0.2) is 49.7 Å². The van der Waals surface area contributed by atoms with Gasteiger partial charge in [0.1, 0.15) is 0 Å². The zero-order valence-electron chi connectivity index (χ0n) is 12.3. The number of carboxylic acids is 2. The number of hydrogen-bond acceptors (Lipinski definition) is 4. The van der Waals surface area contributed by atoms with Crippen molar-refractivity contribution in [2.24, 2.45) is 10.8 Å². The predicted octanol–water partition coefficient (Wildman–Crippen LogP) is 0.383. The molecule has 0 atom stereocenters. The quantitative estimate of drug-likeness (QED) is 0.408. The molecule has 0 saturated carbocycles. The Morgan fingerprint density at radius 2 is 0.905 bits per heavy atom. The molecule has 21 heavy (non-hydrogen) atoms. The Hall–Kier alpha value is -0.840. The third-order valence-corrected chi connectivity index (χ3v) is 3.67. The molecular weight excluding hydrogens is 296 g/mol. The molecule has 0 radical (unpaired) electrons. The smallest absolute Gasteiger partial charge is 0.549 e. The summed E-state index contributed by atoms with van der Waals surface area (Å²) in [7, 11) is 0. The summed E-state index contributed by atoms with van der Waals surface area (Å²) in [6, 6.07) is 0. The van der Waals surface area contributed by atoms with Crippen LogP contribution in [0.25, 0.3) is 0 Å². The first-order valence-corrected chi connectivity index (χ1v) is 6.25. The topological polar surface area (TPSA) is 80.3 Å². The second-order valence-corrected chi connectivity index (χ2v) is 4.71. The molecule has 110 valence electrons. The summed E-state index contributed by atoms with van der Waals surface area (Å²) in [4.78, 5) is 23.5. The van der Waals surface area contributed by atoms with E-state index >= 15 is 0 Å². The third kappa shape index (κ3) is 4.31. The Morgan fingerprint density at radius 1 is 0.714 bits per heavy atom. The van der Waals surface area contributed by atoms with Gasteiger partial charge in [0.15, 0.2) is 0 Å². The molecule has 5 heteroatoms. The van der Waals surface area contributed by atoms with Crippen molar-refractivity contribution in [1.82, 2.24) is 0 Å². The number of carbonyl (C=O) groups is 2. The van der Waals surface area contributed by atoms with Crippen molar-refractivity contribution in [3.8, 4) is 0 Å². The summed E-state index contributed by atoms with van der Waals surface area (Å²) < 4.78 is 0. The number of carboxylic acid groups (broad SMARTS) is 2. The van der Waals surface area contributed by atoms with Gasteiger partial charge in [0.25, 0.3) is 0 Å². The van der Waals surface area contributed by atoms with Crippen LogP contribution in [0.3, 0.4) is 0 Å². The minimum absolute atomic E-state index is 0. The average Bonchev–Trinajstić information content (AvgIpc) is 2.37. The second-order valence-electron chi connectivity index (χ2n) is 4.71. The second kappa shape index (κ2) is 9.98. The van der Waals surface area contributed by atoms with Gasteiger partial charge in [-0.25, -0.2) is 0 Å². The zero-order valence-corrected chi connectivity index (χ0v) is 14.5. The van der Waals surface area contributed by atoms with Crippen molar-refractivity contribution in [3.05, 3.63) is 50.6 Å². The maximum Gasteiger partial charge on any atom is 2.00 e. The predicted molar refractivity (Wildman–Crippen MR) is 79.9 cm³/mol. The van der Waals surface area contributed by atoms with Crippen LogP contribution < -0.4 is 10.2 Å². The Morgan fingerprint density at radius 3 is 1.00 bits per heavy atom. The van der Waals surface area contributed by atoms with E-state index in [9.17, 15) is 19.8 Å². The van der Waals surface area contributed by atoms with E-state index in [2.05, 4.69) is 26.3 Å². The van der Waals surface area contributed by atoms with E-state index in [0.717, 1.165) is 0 Å². The Balaban J connectivity index is 0. The molecule has 0 rings (SSSR count). The maximum absolute atomic E-state index is 11.7. The largest absolute Gasteiger partial charge is 2.00 e. The van der Waals surface area contributed by atoms with E-state index < -0.39 is 22.8 Å². The van der Waals surface area contributed by atoms with Gasteiger partial charge in [0.05, 0.1) is 0 Å². The Kier molecular flexibility index (Phi) is 10.7. The van der Waals surface area contributed by atoms with Crippen molar-refractivity contribution in [3.63, 3.8) is 0 Å². The van der Waals surface area contributed by atoms with Crippen molar-refractivity contribution < 1.29 is 19.8 Å². The minimum Gasteiger partial charge on any atom is -0.549 e. The Labute approximate surface area is 155 Å². The average molecular weight is 316 g/mol. The van der Waals surface area contributed by atoms with E-state index in [1.54, 1.807) is 0 Å². The van der Waals surface area contributed by atoms with Crippen LogP contribution in [0.2, 0.25) is 0 Å². The Bertz CT molecular complexity index is 366. The first-order chi connectivity index (χ1) is 9.38. The van der Waals surface area contributed by atoms with Gasteiger partial charge in [-0.3, -0.25) is 0 Å². The number of carbonyl (C=O) groups excluding carboxylic acids is 2. The van der Waals surface area contributed by atoms with Crippen LogP contribution >= 0.6 is 0 Å². The molecule has 4 nitrogen and oxygen atoms in total. The van der Waals surface area contributed by atoms with Crippen LogP contribution in [-0.2, 0) is 9.59 Å². The third-order valence-electron chi connectivity index (χ3n) is 3.67. The SMILES string of the molecule is C=CCC(CC=C)(C(=O)[O-])C(CC=C)(CC=C)C(=O)[O-].[Ca+2]. The standard InChI is InChI=1S/C16H22O4.Ca/c1-5-9-15(10-6-2,13(17)18)16(11-7-3,12-8-4)14(19)20;/h5-8H,1-4,9-12H2,(H,17,18)(H,19,20);/q;+2/p-2. The van der Waals surface area contributed by atoms with Gasteiger partial charge in [-0.05, 0) is 25.7 Å². The molecule has 0 unspecified atom stereocenters. The van der Waals surface area contributed by atoms with Crippen LogP contribution in [0, 0.1) is 10.8 Å². The van der Waals surface area contributed by atoms with Crippen molar-refractivity contribution in [1.29, 1.82) is 0 Å². The zero-order chi connectivity index (χ0) is 15.8. The molecule has 0 N–H and O–H groups in total. The monoisotopic (exact) mass is 316 g/mol. The van der Waals surface area contributed by atoms with E-state index in [-0.39, 0.29) is 63.4 Å². The fourth-order valence-electron chi connectivity index (χ4n) is 2.66. The summed E-state index contributed by atoms with van der Waals surface area (Å²) in [5.41, 5.74) is -3.39. The fourth-order valence-corrected chi connectivity index (χ4v) is 2.66. The molecule has 0 aliphatic carbocycles. The maximum atomic E-state index is 11.7. The van der Waals surface area contributed by atoms with Crippen LogP contribution in [0.15, 0.2) is 50.6 Å². The fraction of sp³-hybridized carbons (Fsp3) is 0.375. The summed E-state index contributed by atoms with van der Waals surface area (Å²) in [6.45, 7) is 14.1.